The van der Waals surface area contributed by atoms with Gasteiger partial charge in [0.1, 0.15) is 0 Å². The first-order valence-electron chi connectivity index (χ1n) is 7.58. The molecule has 0 aromatic heterocycles. The van der Waals surface area contributed by atoms with Gasteiger partial charge in [0.25, 0.3) is 5.69 Å². The van der Waals surface area contributed by atoms with Crippen molar-refractivity contribution in [3.63, 3.8) is 0 Å². The summed E-state index contributed by atoms with van der Waals surface area (Å²) in [5.41, 5.74) is 1.82. The van der Waals surface area contributed by atoms with E-state index in [0.717, 1.165) is 0 Å². The molecule has 1 aliphatic rings. The van der Waals surface area contributed by atoms with Gasteiger partial charge in [-0.3, -0.25) is 10.1 Å². The first-order valence-corrected chi connectivity index (χ1v) is 7.99. The Morgan fingerprint density at radius 2 is 2.00 bits per heavy atom. The Hall–Kier alpha value is -2.48. The number of carbonyl (C=O) groups excluding carboxylic acids is 1. The third-order valence-corrected chi connectivity index (χ3v) is 3.83. The van der Waals surface area contributed by atoms with Crippen molar-refractivity contribution in [2.24, 2.45) is 5.92 Å². The molecule has 2 rings (SSSR count). The summed E-state index contributed by atoms with van der Waals surface area (Å²) in [6.45, 7) is 5.89. The van der Waals surface area contributed by atoms with Crippen molar-refractivity contribution in [3.8, 4) is 0 Å². The quantitative estimate of drug-likeness (QED) is 0.365. The monoisotopic (exact) mass is 349 g/mol. The Balaban J connectivity index is 2.51. The number of rotatable bonds is 5. The van der Waals surface area contributed by atoms with E-state index in [1.807, 2.05) is 13.8 Å². The summed E-state index contributed by atoms with van der Waals surface area (Å²) >= 11 is 5.23. The fourth-order valence-corrected chi connectivity index (χ4v) is 2.74. The maximum absolute atomic E-state index is 12.5. The fourth-order valence-electron chi connectivity index (χ4n) is 2.51. The summed E-state index contributed by atoms with van der Waals surface area (Å²) in [5.74, 6) is -0.406. The highest BCUT2D eigenvalue weighted by molar-refractivity contribution is 7.80. The van der Waals surface area contributed by atoms with E-state index in [0.29, 0.717) is 21.9 Å². The summed E-state index contributed by atoms with van der Waals surface area (Å²) in [6, 6.07) is 5.51. The van der Waals surface area contributed by atoms with Crippen molar-refractivity contribution < 1.29 is 14.5 Å². The molecule has 0 unspecified atom stereocenters. The zero-order chi connectivity index (χ0) is 17.9. The van der Waals surface area contributed by atoms with Crippen molar-refractivity contribution >= 4 is 29.0 Å². The van der Waals surface area contributed by atoms with E-state index in [-0.39, 0.29) is 18.2 Å². The van der Waals surface area contributed by atoms with Gasteiger partial charge in [-0.15, -0.1) is 0 Å². The first-order chi connectivity index (χ1) is 11.3. The molecule has 2 N–H and O–H groups in total. The van der Waals surface area contributed by atoms with Crippen molar-refractivity contribution in [1.82, 2.24) is 10.6 Å². The molecule has 0 spiro atoms. The predicted molar refractivity (Wildman–Crippen MR) is 93.2 cm³/mol. The second kappa shape index (κ2) is 7.39. The highest BCUT2D eigenvalue weighted by Crippen LogP contribution is 2.31. The van der Waals surface area contributed by atoms with Crippen LogP contribution in [0.2, 0.25) is 0 Å². The van der Waals surface area contributed by atoms with E-state index < -0.39 is 16.9 Å². The molecule has 0 aliphatic carbocycles. The molecule has 0 saturated carbocycles. The molecule has 128 valence electrons. The summed E-state index contributed by atoms with van der Waals surface area (Å²) < 4.78 is 5.18. The van der Waals surface area contributed by atoms with Crippen LogP contribution in [0.3, 0.4) is 0 Å². The second-order valence-electron chi connectivity index (χ2n) is 5.58. The average Bonchev–Trinajstić information content (AvgIpc) is 2.54. The van der Waals surface area contributed by atoms with Gasteiger partial charge in [0, 0.05) is 17.8 Å². The number of esters is 1. The molecule has 8 heteroatoms. The van der Waals surface area contributed by atoms with E-state index in [1.54, 1.807) is 19.1 Å². The van der Waals surface area contributed by atoms with Gasteiger partial charge in [-0.25, -0.2) is 4.79 Å². The Bertz CT molecular complexity index is 698. The molecule has 0 amide bonds. The molecule has 0 radical (unpaired) electrons. The second-order valence-corrected chi connectivity index (χ2v) is 5.99. The zero-order valence-corrected chi connectivity index (χ0v) is 14.5. The van der Waals surface area contributed by atoms with E-state index in [4.69, 9.17) is 17.0 Å². The molecule has 0 bridgehead atoms. The van der Waals surface area contributed by atoms with Crippen LogP contribution in [0.1, 0.15) is 32.4 Å². The smallest absolute Gasteiger partial charge is 0.338 e. The Labute approximate surface area is 145 Å². The molecule has 0 fully saturated rings. The molecule has 0 saturated heterocycles. The van der Waals surface area contributed by atoms with E-state index >= 15 is 0 Å². The number of thiocarbonyl (C=S) groups is 1. The minimum atomic E-state index is -0.518. The van der Waals surface area contributed by atoms with Crippen LogP contribution in [0, 0.1) is 16.0 Å². The number of nitrogens with zero attached hydrogens (tertiary/aromatic N) is 1. The van der Waals surface area contributed by atoms with Crippen LogP contribution in [0.25, 0.3) is 0 Å². The van der Waals surface area contributed by atoms with Gasteiger partial charge in [-0.2, -0.15) is 0 Å². The van der Waals surface area contributed by atoms with Gasteiger partial charge >= 0.3 is 5.97 Å². The van der Waals surface area contributed by atoms with Crippen molar-refractivity contribution in [3.05, 3.63) is 51.2 Å². The zero-order valence-electron chi connectivity index (χ0n) is 13.7. The fraction of sp³-hybridized carbons (Fsp3) is 0.375. The largest absolute Gasteiger partial charge is 0.463 e. The Morgan fingerprint density at radius 1 is 1.38 bits per heavy atom. The maximum Gasteiger partial charge on any atom is 0.338 e. The van der Waals surface area contributed by atoms with Crippen LogP contribution in [-0.2, 0) is 9.53 Å². The minimum Gasteiger partial charge on any atom is -0.463 e. The van der Waals surface area contributed by atoms with E-state index in [1.165, 1.54) is 12.1 Å². The number of nitro benzene ring substituents is 1. The van der Waals surface area contributed by atoms with Gasteiger partial charge in [-0.1, -0.05) is 13.8 Å². The summed E-state index contributed by atoms with van der Waals surface area (Å²) in [5, 5.41) is 17.3. The summed E-state index contributed by atoms with van der Waals surface area (Å²) in [6.07, 6.45) is 0. The lowest BCUT2D eigenvalue weighted by Crippen LogP contribution is -2.46. The van der Waals surface area contributed by atoms with Crippen LogP contribution in [0.4, 0.5) is 5.69 Å². The molecule has 7 nitrogen and oxygen atoms in total. The number of nitrogens with one attached hydrogen (secondary N) is 2. The lowest BCUT2D eigenvalue weighted by molar-refractivity contribution is -0.384. The lowest BCUT2D eigenvalue weighted by Gasteiger charge is -2.32. The number of hydrogen-bond acceptors (Lipinski definition) is 5. The third kappa shape index (κ3) is 3.70. The molecule has 1 aromatic carbocycles. The van der Waals surface area contributed by atoms with Gasteiger partial charge in [-0.05, 0) is 42.8 Å². The highest BCUT2D eigenvalue weighted by atomic mass is 32.1. The lowest BCUT2D eigenvalue weighted by atomic mass is 9.91. The van der Waals surface area contributed by atoms with E-state index in [9.17, 15) is 14.9 Å². The van der Waals surface area contributed by atoms with Crippen LogP contribution < -0.4 is 10.6 Å². The first kappa shape index (κ1) is 17.9. The van der Waals surface area contributed by atoms with E-state index in [2.05, 4.69) is 10.6 Å². The Morgan fingerprint density at radius 3 is 2.50 bits per heavy atom. The number of carbonyl (C=O) groups is 1. The summed E-state index contributed by atoms with van der Waals surface area (Å²) in [7, 11) is 0. The summed E-state index contributed by atoms with van der Waals surface area (Å²) in [4.78, 5) is 22.8. The number of non-ortho nitro benzene ring substituents is 1. The standard InChI is InChI=1S/C16H19N3O4S/c1-4-23-15(20)12-13(9(2)3)17-16(24)18-14(12)10-5-7-11(8-6-10)19(21)22/h5-9,14H,4H2,1-3H3,(H2,17,18,24)/t14-/m0/s1. The molecule has 1 heterocycles. The minimum absolute atomic E-state index is 0.0130. The van der Waals surface area contributed by atoms with Gasteiger partial charge in [0.15, 0.2) is 5.11 Å². The Kier molecular flexibility index (Phi) is 5.50. The number of allylic oxidation sites excluding steroid dienone is 1. The number of benzene rings is 1. The van der Waals surface area contributed by atoms with Crippen molar-refractivity contribution in [1.29, 1.82) is 0 Å². The number of ether oxygens (including phenoxy) is 1. The number of hydrogen-bond donors (Lipinski definition) is 2. The molecular formula is C16H19N3O4S. The van der Waals surface area contributed by atoms with Crippen LogP contribution in [-0.4, -0.2) is 22.6 Å². The molecular weight excluding hydrogens is 330 g/mol. The van der Waals surface area contributed by atoms with Crippen LogP contribution in [0.15, 0.2) is 35.5 Å². The predicted octanol–water partition coefficient (Wildman–Crippen LogP) is 2.59. The normalized spacial score (nSPS) is 17.3. The molecule has 24 heavy (non-hydrogen) atoms. The number of nitro groups is 1. The van der Waals surface area contributed by atoms with Gasteiger partial charge in [0.2, 0.25) is 0 Å². The molecule has 1 aromatic rings. The topological polar surface area (TPSA) is 93.5 Å². The molecule has 1 aliphatic heterocycles. The van der Waals surface area contributed by atoms with Crippen molar-refractivity contribution in [2.45, 2.75) is 26.8 Å². The van der Waals surface area contributed by atoms with Gasteiger partial charge in [0.05, 0.1) is 23.1 Å². The van der Waals surface area contributed by atoms with Crippen molar-refractivity contribution in [2.75, 3.05) is 6.61 Å². The van der Waals surface area contributed by atoms with Crippen LogP contribution in [0.5, 0.6) is 0 Å². The van der Waals surface area contributed by atoms with Crippen LogP contribution >= 0.6 is 12.2 Å². The average molecular weight is 349 g/mol. The third-order valence-electron chi connectivity index (χ3n) is 3.61. The highest BCUT2D eigenvalue weighted by Gasteiger charge is 2.33. The SMILES string of the molecule is CCOC(=O)C1=C(C(C)C)NC(=S)N[C@H]1c1ccc([N+](=O)[O-])cc1. The molecule has 1 atom stereocenters. The van der Waals surface area contributed by atoms with Gasteiger partial charge < -0.3 is 15.4 Å². The maximum atomic E-state index is 12.5.